The number of hydrogen-bond donors (Lipinski definition) is 2. The number of hydrazone groups is 1. The molecule has 188 valence electrons. The standard InChI is InChI=1S/C27H20BrCl2N3O4/c1-36-23-13-16(14-31-33-27(35)26(34)32-22-11-5-10-21(29)24(22)30)12-20(28)25(23)37-15-18-8-4-7-17-6-2-3-9-19(17)18/h2-14H,15H2,1H3,(H,32,34)(H,33,35). The highest BCUT2D eigenvalue weighted by Crippen LogP contribution is 2.37. The summed E-state index contributed by atoms with van der Waals surface area (Å²) in [5.41, 5.74) is 4.03. The molecule has 0 spiro atoms. The molecule has 10 heteroatoms. The minimum absolute atomic E-state index is 0.133. The summed E-state index contributed by atoms with van der Waals surface area (Å²) in [7, 11) is 1.53. The summed E-state index contributed by atoms with van der Waals surface area (Å²) in [6.07, 6.45) is 1.37. The van der Waals surface area contributed by atoms with E-state index in [1.54, 1.807) is 24.3 Å². The van der Waals surface area contributed by atoms with E-state index in [1.807, 2.05) is 24.3 Å². The van der Waals surface area contributed by atoms with Crippen LogP contribution in [0.4, 0.5) is 5.69 Å². The number of ether oxygens (including phenoxy) is 2. The second-order valence-corrected chi connectivity index (χ2v) is 9.36. The van der Waals surface area contributed by atoms with Gasteiger partial charge in [0, 0.05) is 0 Å². The number of hydrogen-bond acceptors (Lipinski definition) is 5. The van der Waals surface area contributed by atoms with Crippen molar-refractivity contribution < 1.29 is 19.1 Å². The monoisotopic (exact) mass is 599 g/mol. The summed E-state index contributed by atoms with van der Waals surface area (Å²) in [5.74, 6) is -0.934. The Bertz CT molecular complexity index is 1510. The Labute approximate surface area is 231 Å². The molecule has 0 saturated heterocycles. The van der Waals surface area contributed by atoms with Crippen molar-refractivity contribution in [3.8, 4) is 11.5 Å². The van der Waals surface area contributed by atoms with Crippen LogP contribution in [0.5, 0.6) is 11.5 Å². The van der Waals surface area contributed by atoms with E-state index < -0.39 is 11.8 Å². The number of methoxy groups -OCH3 is 1. The lowest BCUT2D eigenvalue weighted by Gasteiger charge is -2.14. The molecule has 7 nitrogen and oxygen atoms in total. The van der Waals surface area contributed by atoms with Crippen LogP contribution < -0.4 is 20.2 Å². The number of halogens is 3. The number of anilines is 1. The second-order valence-electron chi connectivity index (χ2n) is 7.72. The molecule has 4 aromatic carbocycles. The topological polar surface area (TPSA) is 89.0 Å². The minimum atomic E-state index is -0.978. The summed E-state index contributed by atoms with van der Waals surface area (Å²) >= 11 is 15.5. The first kappa shape index (κ1) is 26.5. The Balaban J connectivity index is 1.42. The van der Waals surface area contributed by atoms with Gasteiger partial charge in [0.05, 0.1) is 33.5 Å². The first-order chi connectivity index (χ1) is 17.9. The number of nitrogens with zero attached hydrogens (tertiary/aromatic N) is 1. The number of carbonyl (C=O) groups excluding carboxylic acids is 2. The fourth-order valence-corrected chi connectivity index (χ4v) is 4.44. The lowest BCUT2D eigenvalue weighted by Crippen LogP contribution is -2.32. The Kier molecular flexibility index (Phi) is 8.66. The van der Waals surface area contributed by atoms with Crippen LogP contribution in [0.25, 0.3) is 10.8 Å². The summed E-state index contributed by atoms with van der Waals surface area (Å²) in [5, 5.41) is 8.87. The van der Waals surface area contributed by atoms with E-state index in [2.05, 4.69) is 50.0 Å². The molecule has 0 radical (unpaired) electrons. The number of carbonyl (C=O) groups is 2. The lowest BCUT2D eigenvalue weighted by molar-refractivity contribution is -0.136. The molecule has 0 heterocycles. The fourth-order valence-electron chi connectivity index (χ4n) is 3.52. The van der Waals surface area contributed by atoms with Crippen LogP contribution in [0.1, 0.15) is 11.1 Å². The van der Waals surface area contributed by atoms with E-state index in [1.165, 1.54) is 19.4 Å². The smallest absolute Gasteiger partial charge is 0.329 e. The first-order valence-corrected chi connectivity index (χ1v) is 12.5. The van der Waals surface area contributed by atoms with E-state index in [0.717, 1.165) is 16.3 Å². The van der Waals surface area contributed by atoms with Gasteiger partial charge in [-0.3, -0.25) is 9.59 Å². The van der Waals surface area contributed by atoms with Crippen molar-refractivity contribution in [3.05, 3.63) is 98.4 Å². The molecule has 4 rings (SSSR count). The second kappa shape index (κ2) is 12.1. The van der Waals surface area contributed by atoms with E-state index in [4.69, 9.17) is 32.7 Å². The van der Waals surface area contributed by atoms with Crippen molar-refractivity contribution >= 4 is 73.6 Å². The molecule has 2 N–H and O–H groups in total. The zero-order valence-corrected chi connectivity index (χ0v) is 22.5. The number of nitrogens with one attached hydrogen (secondary N) is 2. The molecular weight excluding hydrogens is 581 g/mol. The number of fused-ring (bicyclic) bond motifs is 1. The van der Waals surface area contributed by atoms with Gasteiger partial charge in [0.1, 0.15) is 6.61 Å². The Morgan fingerprint density at radius 3 is 2.57 bits per heavy atom. The third-order valence-corrected chi connectivity index (χ3v) is 6.70. The Morgan fingerprint density at radius 1 is 1.00 bits per heavy atom. The Hall–Kier alpha value is -3.59. The molecule has 0 aliphatic rings. The van der Waals surface area contributed by atoms with Gasteiger partial charge >= 0.3 is 11.8 Å². The minimum Gasteiger partial charge on any atom is -0.493 e. The maximum atomic E-state index is 12.1. The van der Waals surface area contributed by atoms with Crippen LogP contribution in [0, 0.1) is 0 Å². The molecule has 0 bridgehead atoms. The molecule has 0 aromatic heterocycles. The predicted octanol–water partition coefficient (Wildman–Crippen LogP) is 6.59. The highest BCUT2D eigenvalue weighted by Gasteiger charge is 2.16. The van der Waals surface area contributed by atoms with E-state index >= 15 is 0 Å². The quantitative estimate of drug-likeness (QED) is 0.142. The molecular formula is C27H20BrCl2N3O4. The molecule has 0 saturated carbocycles. The largest absolute Gasteiger partial charge is 0.493 e. The molecule has 4 aromatic rings. The van der Waals surface area contributed by atoms with Crippen LogP contribution in [-0.4, -0.2) is 25.1 Å². The van der Waals surface area contributed by atoms with Gasteiger partial charge in [0.25, 0.3) is 0 Å². The van der Waals surface area contributed by atoms with Gasteiger partial charge in [-0.15, -0.1) is 0 Å². The van der Waals surface area contributed by atoms with Gasteiger partial charge in [-0.2, -0.15) is 5.10 Å². The van der Waals surface area contributed by atoms with Crippen molar-refractivity contribution in [2.45, 2.75) is 6.61 Å². The van der Waals surface area contributed by atoms with Gasteiger partial charge < -0.3 is 14.8 Å². The summed E-state index contributed by atoms with van der Waals surface area (Å²) in [6, 6.07) is 22.3. The Morgan fingerprint density at radius 2 is 1.76 bits per heavy atom. The van der Waals surface area contributed by atoms with Crippen molar-refractivity contribution in [1.29, 1.82) is 0 Å². The SMILES string of the molecule is COc1cc(C=NNC(=O)C(=O)Nc2cccc(Cl)c2Cl)cc(Br)c1OCc1cccc2ccccc12. The van der Waals surface area contributed by atoms with Gasteiger partial charge in [0.15, 0.2) is 11.5 Å². The first-order valence-electron chi connectivity index (χ1n) is 10.9. The summed E-state index contributed by atoms with van der Waals surface area (Å²) < 4.78 is 12.2. The molecule has 0 unspecified atom stereocenters. The van der Waals surface area contributed by atoms with Crippen molar-refractivity contribution in [3.63, 3.8) is 0 Å². The molecule has 2 amide bonds. The third kappa shape index (κ3) is 6.40. The van der Waals surface area contributed by atoms with Crippen LogP contribution in [0.3, 0.4) is 0 Å². The fraction of sp³-hybridized carbons (Fsp3) is 0.0741. The average molecular weight is 601 g/mol. The molecule has 37 heavy (non-hydrogen) atoms. The molecule has 0 fully saturated rings. The zero-order valence-electron chi connectivity index (χ0n) is 19.4. The van der Waals surface area contributed by atoms with Gasteiger partial charge in [0.2, 0.25) is 0 Å². The van der Waals surface area contributed by atoms with Crippen LogP contribution in [0.2, 0.25) is 10.0 Å². The number of rotatable bonds is 7. The summed E-state index contributed by atoms with van der Waals surface area (Å²) in [6.45, 7) is 0.339. The van der Waals surface area contributed by atoms with Crippen LogP contribution in [0.15, 0.2) is 82.4 Å². The normalized spacial score (nSPS) is 10.9. The number of benzene rings is 4. The maximum Gasteiger partial charge on any atom is 0.329 e. The van der Waals surface area contributed by atoms with Crippen molar-refractivity contribution in [2.24, 2.45) is 5.10 Å². The number of amides is 2. The zero-order chi connectivity index (χ0) is 26.4. The van der Waals surface area contributed by atoms with E-state index in [0.29, 0.717) is 28.1 Å². The molecule has 0 aliphatic carbocycles. The van der Waals surface area contributed by atoms with Crippen LogP contribution in [-0.2, 0) is 16.2 Å². The molecule has 0 atom stereocenters. The highest BCUT2D eigenvalue weighted by molar-refractivity contribution is 9.10. The van der Waals surface area contributed by atoms with E-state index in [9.17, 15) is 9.59 Å². The van der Waals surface area contributed by atoms with Gasteiger partial charge in [-0.1, -0.05) is 71.7 Å². The molecule has 0 aliphatic heterocycles. The van der Waals surface area contributed by atoms with Gasteiger partial charge in [-0.05, 0) is 62.1 Å². The average Bonchev–Trinajstić information content (AvgIpc) is 2.90. The van der Waals surface area contributed by atoms with Crippen LogP contribution >= 0.6 is 39.1 Å². The highest BCUT2D eigenvalue weighted by atomic mass is 79.9. The van der Waals surface area contributed by atoms with Crippen molar-refractivity contribution in [1.82, 2.24) is 5.43 Å². The summed E-state index contributed by atoms with van der Waals surface area (Å²) in [4.78, 5) is 24.3. The van der Waals surface area contributed by atoms with Crippen molar-refractivity contribution in [2.75, 3.05) is 12.4 Å². The van der Waals surface area contributed by atoms with E-state index in [-0.39, 0.29) is 15.7 Å². The predicted molar refractivity (Wildman–Crippen MR) is 150 cm³/mol. The lowest BCUT2D eigenvalue weighted by atomic mass is 10.1. The maximum absolute atomic E-state index is 12.1. The third-order valence-electron chi connectivity index (χ3n) is 5.29. The van der Waals surface area contributed by atoms with Gasteiger partial charge in [-0.25, -0.2) is 5.43 Å².